The van der Waals surface area contributed by atoms with Crippen molar-refractivity contribution in [2.45, 2.75) is 6.54 Å². The Hall–Kier alpha value is -3.46. The molecule has 1 aliphatic rings. The summed E-state index contributed by atoms with van der Waals surface area (Å²) in [5.41, 5.74) is 2.29. The molecule has 1 saturated heterocycles. The van der Waals surface area contributed by atoms with E-state index in [0.29, 0.717) is 11.5 Å². The zero-order valence-electron chi connectivity index (χ0n) is 15.2. The van der Waals surface area contributed by atoms with Crippen molar-refractivity contribution in [1.82, 2.24) is 20.2 Å². The number of rotatable bonds is 5. The van der Waals surface area contributed by atoms with E-state index in [-0.39, 0.29) is 18.2 Å². The third-order valence-electron chi connectivity index (χ3n) is 4.42. The normalized spacial score (nSPS) is 14.1. The molecule has 2 aromatic carbocycles. The standard InChI is InChI=1S/C19H20N6O3/c26-17-4-2-1-3-16(17)20-18(27)13-25-22-19(21-23-25)14-5-7-15(8-6-14)24-9-11-28-12-10-24/h1-8,26H,9-13H2,(H,20,27). The van der Waals surface area contributed by atoms with Crippen molar-refractivity contribution >= 4 is 17.3 Å². The predicted octanol–water partition coefficient (Wildman–Crippen LogP) is 1.52. The molecule has 0 unspecified atom stereocenters. The first-order valence-corrected chi connectivity index (χ1v) is 8.98. The number of hydrogen-bond donors (Lipinski definition) is 2. The number of aromatic hydroxyl groups is 1. The number of aromatic nitrogens is 4. The van der Waals surface area contributed by atoms with Gasteiger partial charge in [0, 0.05) is 24.3 Å². The van der Waals surface area contributed by atoms with Gasteiger partial charge < -0.3 is 20.1 Å². The molecule has 9 heteroatoms. The first-order valence-electron chi connectivity index (χ1n) is 8.98. The quantitative estimate of drug-likeness (QED) is 0.647. The van der Waals surface area contributed by atoms with Gasteiger partial charge in [-0.3, -0.25) is 4.79 Å². The Kier molecular flexibility index (Phi) is 5.16. The first kappa shape index (κ1) is 17.9. The highest BCUT2D eigenvalue weighted by Gasteiger charge is 2.13. The van der Waals surface area contributed by atoms with Crippen LogP contribution in [0.25, 0.3) is 11.4 Å². The number of carbonyl (C=O) groups excluding carboxylic acids is 1. The van der Waals surface area contributed by atoms with E-state index < -0.39 is 0 Å². The third kappa shape index (κ3) is 4.09. The zero-order chi connectivity index (χ0) is 19.3. The summed E-state index contributed by atoms with van der Waals surface area (Å²) in [6, 6.07) is 14.4. The van der Waals surface area contributed by atoms with Gasteiger partial charge >= 0.3 is 0 Å². The highest BCUT2D eigenvalue weighted by molar-refractivity contribution is 5.91. The molecule has 0 bridgehead atoms. The van der Waals surface area contributed by atoms with Gasteiger partial charge in [-0.05, 0) is 41.6 Å². The van der Waals surface area contributed by atoms with Gasteiger partial charge in [0.25, 0.3) is 0 Å². The summed E-state index contributed by atoms with van der Waals surface area (Å²) in [7, 11) is 0. The third-order valence-corrected chi connectivity index (χ3v) is 4.42. The van der Waals surface area contributed by atoms with Crippen LogP contribution in [0.5, 0.6) is 5.75 Å². The van der Waals surface area contributed by atoms with Crippen molar-refractivity contribution in [3.8, 4) is 17.1 Å². The number of amides is 1. The van der Waals surface area contributed by atoms with Crippen LogP contribution in [0, 0.1) is 0 Å². The van der Waals surface area contributed by atoms with Gasteiger partial charge in [0.05, 0.1) is 18.9 Å². The number of phenols is 1. The number of benzene rings is 2. The fraction of sp³-hybridized carbons (Fsp3) is 0.263. The highest BCUT2D eigenvalue weighted by Crippen LogP contribution is 2.22. The average molecular weight is 380 g/mol. The lowest BCUT2D eigenvalue weighted by Gasteiger charge is -2.28. The fourth-order valence-electron chi connectivity index (χ4n) is 2.97. The number of nitrogens with zero attached hydrogens (tertiary/aromatic N) is 5. The Morgan fingerprint density at radius 3 is 2.61 bits per heavy atom. The number of para-hydroxylation sites is 2. The molecule has 0 spiro atoms. The van der Waals surface area contributed by atoms with Crippen LogP contribution in [-0.4, -0.2) is 57.5 Å². The van der Waals surface area contributed by atoms with E-state index in [2.05, 4.69) is 25.6 Å². The highest BCUT2D eigenvalue weighted by atomic mass is 16.5. The maximum absolute atomic E-state index is 12.1. The monoisotopic (exact) mass is 380 g/mol. The van der Waals surface area contributed by atoms with E-state index in [1.54, 1.807) is 18.2 Å². The summed E-state index contributed by atoms with van der Waals surface area (Å²) >= 11 is 0. The number of phenolic OH excluding ortho intramolecular Hbond substituents is 1. The van der Waals surface area contributed by atoms with E-state index in [1.165, 1.54) is 10.9 Å². The number of morpholine rings is 1. The van der Waals surface area contributed by atoms with Gasteiger partial charge in [-0.15, -0.1) is 10.2 Å². The molecule has 1 aromatic heterocycles. The Labute approximate surface area is 161 Å². The zero-order valence-corrected chi connectivity index (χ0v) is 15.2. The molecule has 144 valence electrons. The molecule has 3 aromatic rings. The predicted molar refractivity (Wildman–Crippen MR) is 103 cm³/mol. The summed E-state index contributed by atoms with van der Waals surface area (Å²) in [6.07, 6.45) is 0. The van der Waals surface area contributed by atoms with Crippen LogP contribution in [0.2, 0.25) is 0 Å². The Morgan fingerprint density at radius 1 is 1.11 bits per heavy atom. The van der Waals surface area contributed by atoms with Gasteiger partial charge in [-0.1, -0.05) is 12.1 Å². The molecule has 1 fully saturated rings. The lowest BCUT2D eigenvalue weighted by Crippen LogP contribution is -2.36. The summed E-state index contributed by atoms with van der Waals surface area (Å²) in [6.45, 7) is 3.12. The number of tetrazole rings is 1. The van der Waals surface area contributed by atoms with Gasteiger partial charge in [0.2, 0.25) is 11.7 Å². The second-order valence-electron chi connectivity index (χ2n) is 6.36. The molecule has 4 rings (SSSR count). The van der Waals surface area contributed by atoms with Crippen molar-refractivity contribution in [2.75, 3.05) is 36.5 Å². The van der Waals surface area contributed by atoms with Gasteiger partial charge in [-0.2, -0.15) is 4.80 Å². The Balaban J connectivity index is 1.40. The topological polar surface area (TPSA) is 105 Å². The van der Waals surface area contributed by atoms with Crippen molar-refractivity contribution < 1.29 is 14.6 Å². The summed E-state index contributed by atoms with van der Waals surface area (Å²) in [4.78, 5) is 15.6. The van der Waals surface area contributed by atoms with Crippen LogP contribution < -0.4 is 10.2 Å². The maximum atomic E-state index is 12.1. The molecule has 1 amide bonds. The number of ether oxygens (including phenoxy) is 1. The molecule has 0 saturated carbocycles. The van der Waals surface area contributed by atoms with Crippen molar-refractivity contribution in [3.63, 3.8) is 0 Å². The number of hydrogen-bond acceptors (Lipinski definition) is 7. The van der Waals surface area contributed by atoms with Crippen molar-refractivity contribution in [2.24, 2.45) is 0 Å². The van der Waals surface area contributed by atoms with Gasteiger partial charge in [0.1, 0.15) is 12.3 Å². The minimum atomic E-state index is -0.354. The van der Waals surface area contributed by atoms with Crippen molar-refractivity contribution in [3.05, 3.63) is 48.5 Å². The molecule has 9 nitrogen and oxygen atoms in total. The summed E-state index contributed by atoms with van der Waals surface area (Å²) in [5.74, 6) is 0.0976. The summed E-state index contributed by atoms with van der Waals surface area (Å²) < 4.78 is 5.37. The van der Waals surface area contributed by atoms with Gasteiger partial charge in [0.15, 0.2) is 0 Å². The van der Waals surface area contributed by atoms with Crippen LogP contribution in [0.3, 0.4) is 0 Å². The summed E-state index contributed by atoms with van der Waals surface area (Å²) in [5, 5.41) is 24.6. The van der Waals surface area contributed by atoms with Crippen molar-refractivity contribution in [1.29, 1.82) is 0 Å². The lowest BCUT2D eigenvalue weighted by atomic mass is 10.2. The van der Waals surface area contributed by atoms with Crippen LogP contribution in [0.15, 0.2) is 48.5 Å². The molecule has 2 heterocycles. The smallest absolute Gasteiger partial charge is 0.248 e. The van der Waals surface area contributed by atoms with Crippen LogP contribution in [-0.2, 0) is 16.1 Å². The van der Waals surface area contributed by atoms with E-state index in [4.69, 9.17) is 4.74 Å². The van der Waals surface area contributed by atoms with E-state index in [1.807, 2.05) is 24.3 Å². The number of carbonyl (C=O) groups is 1. The molecule has 2 N–H and O–H groups in total. The van der Waals surface area contributed by atoms with Crippen LogP contribution >= 0.6 is 0 Å². The largest absolute Gasteiger partial charge is 0.506 e. The Bertz CT molecular complexity index is 950. The molecule has 0 atom stereocenters. The molecular weight excluding hydrogens is 360 g/mol. The fourth-order valence-corrected chi connectivity index (χ4v) is 2.97. The molecule has 28 heavy (non-hydrogen) atoms. The molecule has 0 radical (unpaired) electrons. The second kappa shape index (κ2) is 8.05. The van der Waals surface area contributed by atoms with E-state index in [0.717, 1.165) is 37.6 Å². The minimum Gasteiger partial charge on any atom is -0.506 e. The van der Waals surface area contributed by atoms with Crippen LogP contribution in [0.4, 0.5) is 11.4 Å². The second-order valence-corrected chi connectivity index (χ2v) is 6.36. The first-order chi connectivity index (χ1) is 13.7. The average Bonchev–Trinajstić information content (AvgIpc) is 3.19. The molecule has 0 aliphatic carbocycles. The SMILES string of the molecule is O=C(Cn1nnc(-c2ccc(N3CCOCC3)cc2)n1)Nc1ccccc1O. The Morgan fingerprint density at radius 2 is 1.86 bits per heavy atom. The minimum absolute atomic E-state index is 0.00319. The van der Waals surface area contributed by atoms with E-state index >= 15 is 0 Å². The lowest BCUT2D eigenvalue weighted by molar-refractivity contribution is -0.117. The number of anilines is 2. The maximum Gasteiger partial charge on any atom is 0.248 e. The number of nitrogens with one attached hydrogen (secondary N) is 1. The van der Waals surface area contributed by atoms with Crippen LogP contribution in [0.1, 0.15) is 0 Å². The molecule has 1 aliphatic heterocycles. The van der Waals surface area contributed by atoms with Gasteiger partial charge in [-0.25, -0.2) is 0 Å². The molecular formula is C19H20N6O3. The van der Waals surface area contributed by atoms with E-state index in [9.17, 15) is 9.90 Å².